The fraction of sp³-hybridized carbons (Fsp3) is 0.270. The molecule has 4 aromatic carbocycles. The van der Waals surface area contributed by atoms with E-state index in [1.165, 1.54) is 38.3 Å². The molecule has 0 spiro atoms. The van der Waals surface area contributed by atoms with E-state index in [0.29, 0.717) is 17.7 Å². The minimum Gasteiger partial charge on any atom is -0.469 e. The Morgan fingerprint density at radius 1 is 0.788 bits per heavy atom. The van der Waals surface area contributed by atoms with Crippen LogP contribution in [-0.4, -0.2) is 44.0 Å². The molecule has 2 amide bonds. The number of aryl methyl sites for hydroxylation is 1. The molecule has 0 heterocycles. The lowest BCUT2D eigenvalue weighted by Crippen LogP contribution is -2.49. The second-order valence-electron chi connectivity index (χ2n) is 11.7. The highest BCUT2D eigenvalue weighted by atomic mass is 19.4. The van der Waals surface area contributed by atoms with E-state index < -0.39 is 64.7 Å². The Balaban J connectivity index is 1.88. The number of carbonyl (C=O) groups is 3. The minimum atomic E-state index is -5.04. The summed E-state index contributed by atoms with van der Waals surface area (Å²) in [5.74, 6) is -4.41. The Morgan fingerprint density at radius 3 is 2.06 bits per heavy atom. The Kier molecular flexibility index (Phi) is 12.3. The Hall–Kier alpha value is -5.47. The van der Waals surface area contributed by atoms with Crippen molar-refractivity contribution in [1.29, 1.82) is 0 Å². The third kappa shape index (κ3) is 9.65. The van der Waals surface area contributed by atoms with Gasteiger partial charge in [-0.2, -0.15) is 30.7 Å². The van der Waals surface area contributed by atoms with Crippen LogP contribution >= 0.6 is 0 Å². The summed E-state index contributed by atoms with van der Waals surface area (Å²) in [7, 11) is 1.22. The van der Waals surface area contributed by atoms with Gasteiger partial charge in [0.2, 0.25) is 0 Å². The summed E-state index contributed by atoms with van der Waals surface area (Å²) in [5, 5.41) is 5.29. The molecule has 0 bridgehead atoms. The van der Waals surface area contributed by atoms with E-state index in [4.69, 9.17) is 0 Å². The number of nitrogens with one attached hydrogen (secondary N) is 2. The van der Waals surface area contributed by atoms with Gasteiger partial charge in [-0.25, -0.2) is 4.39 Å². The highest BCUT2D eigenvalue weighted by Crippen LogP contribution is 2.39. The first-order valence-corrected chi connectivity index (χ1v) is 15.6. The third-order valence-electron chi connectivity index (χ3n) is 8.03. The normalized spacial score (nSPS) is 12.9. The molecule has 0 aliphatic carbocycles. The average molecular weight is 737 g/mol. The van der Waals surface area contributed by atoms with Crippen LogP contribution < -0.4 is 15.4 Å². The predicted octanol–water partition coefficient (Wildman–Crippen LogP) is 7.99. The fourth-order valence-corrected chi connectivity index (χ4v) is 5.41. The molecular formula is C37H32F8N2O5. The molecule has 0 aliphatic rings. The van der Waals surface area contributed by atoms with Crippen LogP contribution in [0.2, 0.25) is 0 Å². The van der Waals surface area contributed by atoms with Gasteiger partial charge in [0.1, 0.15) is 11.6 Å². The predicted molar refractivity (Wildman–Crippen MR) is 173 cm³/mol. The Morgan fingerprint density at radius 2 is 1.44 bits per heavy atom. The van der Waals surface area contributed by atoms with Crippen LogP contribution in [0.15, 0.2) is 91.0 Å². The zero-order chi connectivity index (χ0) is 38.3. The molecule has 0 fully saturated rings. The summed E-state index contributed by atoms with van der Waals surface area (Å²) in [6.07, 6.45) is -14.1. The van der Waals surface area contributed by atoms with Crippen LogP contribution in [0.3, 0.4) is 0 Å². The summed E-state index contributed by atoms with van der Waals surface area (Å²) in [5.41, 5.74) is -3.43. The largest absolute Gasteiger partial charge is 0.469 e. The zero-order valence-corrected chi connectivity index (χ0v) is 27.6. The highest BCUT2D eigenvalue weighted by molar-refractivity contribution is 5.96. The lowest BCUT2D eigenvalue weighted by molar-refractivity contribution is -0.253. The molecule has 4 aromatic rings. The maximum atomic E-state index is 15.2. The molecule has 4 rings (SSSR count). The van der Waals surface area contributed by atoms with Crippen LogP contribution in [0, 0.1) is 12.7 Å². The maximum absolute atomic E-state index is 15.2. The second-order valence-corrected chi connectivity index (χ2v) is 11.7. The van der Waals surface area contributed by atoms with Crippen molar-refractivity contribution in [2.24, 2.45) is 0 Å². The Labute approximate surface area is 292 Å². The van der Waals surface area contributed by atoms with Crippen LogP contribution in [0.4, 0.5) is 35.1 Å². The number of benzene rings is 4. The monoisotopic (exact) mass is 736 g/mol. The number of alkyl halides is 7. The molecule has 1 atom stereocenters. The van der Waals surface area contributed by atoms with Gasteiger partial charge >= 0.3 is 24.7 Å². The van der Waals surface area contributed by atoms with E-state index in [1.807, 2.05) is 0 Å². The van der Waals surface area contributed by atoms with Gasteiger partial charge in [-0.1, -0.05) is 48.5 Å². The topological polar surface area (TPSA) is 93.7 Å². The number of hydrogen-bond acceptors (Lipinski definition) is 5. The molecule has 52 heavy (non-hydrogen) atoms. The van der Waals surface area contributed by atoms with Crippen molar-refractivity contribution in [2.45, 2.75) is 50.4 Å². The van der Waals surface area contributed by atoms with E-state index in [0.717, 1.165) is 24.3 Å². The summed E-state index contributed by atoms with van der Waals surface area (Å²) in [6.45, 7) is 1.31. The summed E-state index contributed by atoms with van der Waals surface area (Å²) < 4.78 is 120. The van der Waals surface area contributed by atoms with Crippen molar-refractivity contribution in [2.75, 3.05) is 13.7 Å². The third-order valence-corrected chi connectivity index (χ3v) is 8.03. The van der Waals surface area contributed by atoms with E-state index >= 15 is 4.39 Å². The van der Waals surface area contributed by atoms with Gasteiger partial charge in [-0.15, -0.1) is 0 Å². The van der Waals surface area contributed by atoms with E-state index in [-0.39, 0.29) is 48.1 Å². The van der Waals surface area contributed by atoms with Crippen molar-refractivity contribution >= 4 is 17.8 Å². The Bertz CT molecular complexity index is 1890. The van der Waals surface area contributed by atoms with Crippen LogP contribution in [0.1, 0.15) is 61.4 Å². The van der Waals surface area contributed by atoms with Crippen molar-refractivity contribution in [3.8, 4) is 5.75 Å². The van der Waals surface area contributed by atoms with Gasteiger partial charge in [-0.05, 0) is 72.0 Å². The maximum Gasteiger partial charge on any atom is 0.461 e. The number of hydrogen-bond donors (Lipinski definition) is 2. The van der Waals surface area contributed by atoms with E-state index in [2.05, 4.69) is 20.1 Å². The molecule has 0 radical (unpaired) electrons. The number of carbonyl (C=O) groups excluding carboxylic acids is 3. The number of halogens is 8. The average Bonchev–Trinajstić information content (AvgIpc) is 3.09. The summed E-state index contributed by atoms with van der Waals surface area (Å²) in [6, 6.07) is 18.3. The standard InChI is InChI=1S/C37H32F8N2O5/c1-22-10-11-25(17-30(22)36(41,42)43)33(50)47-35(21-23-7-4-3-5-8-23,27-18-28(38)20-29(19-27)52-37(44,45)34(39)40)26-14-12-24(13-15-26)32(49)46-16-6-9-31(48)51-2/h3-5,7-8,10-15,17-20,34H,6,9,16,21H2,1-2H3,(H,46,49)(H,47,50)/t35-/m1/s1. The zero-order valence-electron chi connectivity index (χ0n) is 27.6. The molecular weight excluding hydrogens is 704 g/mol. The van der Waals surface area contributed by atoms with E-state index in [1.54, 1.807) is 30.3 Å². The van der Waals surface area contributed by atoms with Gasteiger partial charge in [0, 0.05) is 36.6 Å². The minimum absolute atomic E-state index is 0.0471. The first-order valence-electron chi connectivity index (χ1n) is 15.6. The van der Waals surface area contributed by atoms with Crippen molar-refractivity contribution in [1.82, 2.24) is 10.6 Å². The SMILES string of the molecule is COC(=O)CCCNC(=O)c1ccc([C@@](Cc2ccccc2)(NC(=O)c2ccc(C)c(C(F)(F)F)c2)c2cc(F)cc(OC(F)(F)C(F)F)c2)cc1. The number of rotatable bonds is 14. The number of ether oxygens (including phenoxy) is 2. The molecule has 0 aliphatic heterocycles. The number of methoxy groups -OCH3 is 1. The van der Waals surface area contributed by atoms with Crippen LogP contribution in [-0.2, 0) is 27.7 Å². The van der Waals surface area contributed by atoms with Crippen molar-refractivity contribution in [3.05, 3.63) is 136 Å². The first-order chi connectivity index (χ1) is 24.4. The van der Waals surface area contributed by atoms with Gasteiger partial charge in [-0.3, -0.25) is 14.4 Å². The highest BCUT2D eigenvalue weighted by Gasteiger charge is 2.45. The van der Waals surface area contributed by atoms with Gasteiger partial charge in [0.15, 0.2) is 0 Å². The van der Waals surface area contributed by atoms with Crippen LogP contribution in [0.5, 0.6) is 5.75 Å². The molecule has 15 heteroatoms. The van der Waals surface area contributed by atoms with Gasteiger partial charge in [0.25, 0.3) is 11.8 Å². The van der Waals surface area contributed by atoms with Crippen LogP contribution in [0.25, 0.3) is 0 Å². The molecule has 0 saturated heterocycles. The molecule has 2 N–H and O–H groups in total. The lowest BCUT2D eigenvalue weighted by Gasteiger charge is -2.37. The fourth-order valence-electron chi connectivity index (χ4n) is 5.41. The number of amides is 2. The van der Waals surface area contributed by atoms with E-state index in [9.17, 15) is 45.1 Å². The van der Waals surface area contributed by atoms with Crippen molar-refractivity contribution in [3.63, 3.8) is 0 Å². The lowest BCUT2D eigenvalue weighted by atomic mass is 9.77. The summed E-state index contributed by atoms with van der Waals surface area (Å²) in [4.78, 5) is 38.2. The molecule has 0 aromatic heterocycles. The molecule has 276 valence electrons. The van der Waals surface area contributed by atoms with Crippen molar-refractivity contribution < 1.29 is 59.0 Å². The molecule has 0 saturated carbocycles. The molecule has 7 nitrogen and oxygen atoms in total. The van der Waals surface area contributed by atoms with Gasteiger partial charge < -0.3 is 20.1 Å². The summed E-state index contributed by atoms with van der Waals surface area (Å²) >= 11 is 0. The second kappa shape index (κ2) is 16.3. The quantitative estimate of drug-likeness (QED) is 0.0778. The molecule has 0 unspecified atom stereocenters. The number of esters is 1. The van der Waals surface area contributed by atoms with Gasteiger partial charge in [0.05, 0.1) is 18.2 Å². The first kappa shape index (κ1) is 39.3. The smallest absolute Gasteiger partial charge is 0.461 e.